The summed E-state index contributed by atoms with van der Waals surface area (Å²) in [4.78, 5) is 39.2. The Balaban J connectivity index is 1.56. The van der Waals surface area contributed by atoms with E-state index in [1.807, 2.05) is 18.2 Å². The van der Waals surface area contributed by atoms with Crippen LogP contribution >= 0.6 is 0 Å². The molecule has 9 nitrogen and oxygen atoms in total. The third kappa shape index (κ3) is 8.49. The zero-order chi connectivity index (χ0) is 26.8. The van der Waals surface area contributed by atoms with Crippen molar-refractivity contribution in [2.75, 3.05) is 26.2 Å². The maximum Gasteiger partial charge on any atom is 0.513 e. The summed E-state index contributed by atoms with van der Waals surface area (Å²) in [6.07, 6.45) is 0.573. The van der Waals surface area contributed by atoms with Crippen molar-refractivity contribution >= 4 is 18.2 Å². The molecule has 0 radical (unpaired) electrons. The van der Waals surface area contributed by atoms with Crippen LogP contribution in [0.3, 0.4) is 0 Å². The van der Waals surface area contributed by atoms with E-state index in [1.54, 1.807) is 39.8 Å². The molecule has 1 heterocycles. The topological polar surface area (TPSA) is 103 Å². The van der Waals surface area contributed by atoms with Gasteiger partial charge in [0.25, 0.3) is 5.91 Å². The van der Waals surface area contributed by atoms with Crippen LogP contribution in [-0.2, 0) is 15.9 Å². The second-order valence-corrected chi connectivity index (χ2v) is 9.68. The van der Waals surface area contributed by atoms with Crippen LogP contribution < -0.4 is 14.8 Å². The van der Waals surface area contributed by atoms with Crippen molar-refractivity contribution in [1.29, 1.82) is 0 Å². The van der Waals surface area contributed by atoms with Crippen molar-refractivity contribution < 1.29 is 33.3 Å². The number of fused-ring (bicyclic) bond motifs is 1. The van der Waals surface area contributed by atoms with Gasteiger partial charge in [0.15, 0.2) is 0 Å². The van der Waals surface area contributed by atoms with Crippen molar-refractivity contribution in [2.24, 2.45) is 0 Å². The van der Waals surface area contributed by atoms with E-state index >= 15 is 0 Å². The van der Waals surface area contributed by atoms with Gasteiger partial charge < -0.3 is 24.3 Å². The number of benzene rings is 2. The fourth-order valence-corrected chi connectivity index (χ4v) is 3.86. The van der Waals surface area contributed by atoms with E-state index in [-0.39, 0.29) is 30.6 Å². The molecular formula is C28H36N2O7. The molecule has 0 spiro atoms. The van der Waals surface area contributed by atoms with Crippen LogP contribution in [0.25, 0.3) is 0 Å². The number of imide groups is 1. The minimum atomic E-state index is -0.924. The number of hydrogen-bond acceptors (Lipinski definition) is 8. The van der Waals surface area contributed by atoms with Gasteiger partial charge in [0.1, 0.15) is 23.2 Å². The molecule has 1 unspecified atom stereocenters. The molecular weight excluding hydrogens is 476 g/mol. The molecule has 9 heteroatoms. The van der Waals surface area contributed by atoms with E-state index < -0.39 is 23.8 Å². The average Bonchev–Trinajstić information content (AvgIpc) is 3.25. The Labute approximate surface area is 218 Å². The molecule has 37 heavy (non-hydrogen) atoms. The van der Waals surface area contributed by atoms with Crippen LogP contribution in [0, 0.1) is 0 Å². The summed E-state index contributed by atoms with van der Waals surface area (Å²) in [5.41, 5.74) is 0.502. The van der Waals surface area contributed by atoms with Gasteiger partial charge in [0, 0.05) is 19.5 Å². The minimum Gasteiger partial charge on any atom is -0.488 e. The molecule has 3 rings (SSSR count). The molecule has 0 fully saturated rings. The number of nitrogens with zero attached hydrogens (tertiary/aromatic N) is 1. The molecule has 0 saturated heterocycles. The Hall–Kier alpha value is -3.59. The number of carbonyl (C=O) groups is 3. The van der Waals surface area contributed by atoms with Crippen molar-refractivity contribution in [3.8, 4) is 11.5 Å². The second-order valence-electron chi connectivity index (χ2n) is 9.68. The molecule has 2 aromatic carbocycles. The number of para-hydroxylation sites is 2. The third-order valence-corrected chi connectivity index (χ3v) is 5.50. The highest BCUT2D eigenvalue weighted by Gasteiger charge is 2.30. The predicted molar refractivity (Wildman–Crippen MR) is 138 cm³/mol. The van der Waals surface area contributed by atoms with Gasteiger partial charge in [0.05, 0.1) is 12.2 Å². The lowest BCUT2D eigenvalue weighted by molar-refractivity contribution is 0.0238. The lowest BCUT2D eigenvalue weighted by Crippen LogP contribution is -2.41. The number of rotatable bonds is 10. The normalized spacial score (nSPS) is 14.3. The zero-order valence-electron chi connectivity index (χ0n) is 22.0. The highest BCUT2D eigenvalue weighted by molar-refractivity contribution is 6.05. The first kappa shape index (κ1) is 28.0. The van der Waals surface area contributed by atoms with E-state index in [2.05, 4.69) is 11.4 Å². The van der Waals surface area contributed by atoms with Gasteiger partial charge in [0.2, 0.25) is 0 Å². The summed E-state index contributed by atoms with van der Waals surface area (Å²) < 4.78 is 21.4. The van der Waals surface area contributed by atoms with Gasteiger partial charge in [-0.15, -0.1) is 0 Å². The smallest absolute Gasteiger partial charge is 0.488 e. The number of carbonyl (C=O) groups excluding carboxylic acids is 3. The first-order chi connectivity index (χ1) is 17.7. The Morgan fingerprint density at radius 2 is 1.78 bits per heavy atom. The third-order valence-electron chi connectivity index (χ3n) is 5.50. The van der Waals surface area contributed by atoms with Crippen molar-refractivity contribution in [3.63, 3.8) is 0 Å². The van der Waals surface area contributed by atoms with Crippen LogP contribution in [0.15, 0.2) is 48.5 Å². The Morgan fingerprint density at radius 1 is 1.05 bits per heavy atom. The van der Waals surface area contributed by atoms with Gasteiger partial charge in [-0.25, -0.2) is 14.5 Å². The van der Waals surface area contributed by atoms with E-state index in [9.17, 15) is 14.4 Å². The fourth-order valence-electron chi connectivity index (χ4n) is 3.86. The van der Waals surface area contributed by atoms with Crippen LogP contribution in [0.4, 0.5) is 9.59 Å². The molecule has 1 N–H and O–H groups in total. The first-order valence-electron chi connectivity index (χ1n) is 12.6. The Bertz CT molecular complexity index is 1060. The zero-order valence-corrected chi connectivity index (χ0v) is 22.0. The standard InChI is InChI=1S/C28H36N2O7/c1-5-34-27(33)36-24-15-9-7-13-22(24)25(31)30(26(32)37-28(2,3)4)17-11-10-16-29-19-21-18-20-12-6-8-14-23(20)35-21/h6-9,12-15,21,29H,5,10-11,16-19H2,1-4H3. The summed E-state index contributed by atoms with van der Waals surface area (Å²) in [5, 5.41) is 3.39. The molecule has 200 valence electrons. The number of ether oxygens (including phenoxy) is 4. The van der Waals surface area contributed by atoms with E-state index in [0.717, 1.165) is 23.5 Å². The SMILES string of the molecule is CCOC(=O)Oc1ccccc1C(=O)N(CCCCNCC1Cc2ccccc2O1)C(=O)OC(C)(C)C. The summed E-state index contributed by atoms with van der Waals surface area (Å²) in [7, 11) is 0. The van der Waals surface area contributed by atoms with Crippen LogP contribution in [-0.4, -0.2) is 61.0 Å². The van der Waals surface area contributed by atoms with Gasteiger partial charge in [-0.3, -0.25) is 4.79 Å². The van der Waals surface area contributed by atoms with Gasteiger partial charge in [-0.05, 0) is 70.8 Å². The number of nitrogens with one attached hydrogen (secondary N) is 1. The van der Waals surface area contributed by atoms with E-state index in [4.69, 9.17) is 18.9 Å². The first-order valence-corrected chi connectivity index (χ1v) is 12.6. The minimum absolute atomic E-state index is 0.0127. The Morgan fingerprint density at radius 3 is 2.51 bits per heavy atom. The highest BCUT2D eigenvalue weighted by atomic mass is 16.7. The molecule has 0 saturated carbocycles. The quantitative estimate of drug-likeness (QED) is 0.270. The summed E-state index contributed by atoms with van der Waals surface area (Å²) in [6, 6.07) is 14.3. The van der Waals surface area contributed by atoms with Crippen molar-refractivity contribution in [1.82, 2.24) is 10.2 Å². The van der Waals surface area contributed by atoms with Crippen LogP contribution in [0.2, 0.25) is 0 Å². The Kier molecular flexibility index (Phi) is 9.91. The average molecular weight is 513 g/mol. The largest absolute Gasteiger partial charge is 0.513 e. The molecule has 2 aromatic rings. The number of amides is 2. The van der Waals surface area contributed by atoms with Crippen LogP contribution in [0.5, 0.6) is 11.5 Å². The predicted octanol–water partition coefficient (Wildman–Crippen LogP) is 4.97. The maximum atomic E-state index is 13.4. The van der Waals surface area contributed by atoms with E-state index in [0.29, 0.717) is 19.5 Å². The summed E-state index contributed by atoms with van der Waals surface area (Å²) in [6.45, 7) is 8.55. The molecule has 2 amide bonds. The summed E-state index contributed by atoms with van der Waals surface area (Å²) in [5.74, 6) is 0.339. The molecule has 0 bridgehead atoms. The number of hydrogen-bond donors (Lipinski definition) is 1. The molecule has 0 aromatic heterocycles. The molecule has 1 aliphatic heterocycles. The van der Waals surface area contributed by atoms with Crippen LogP contribution in [0.1, 0.15) is 56.5 Å². The summed E-state index contributed by atoms with van der Waals surface area (Å²) >= 11 is 0. The fraction of sp³-hybridized carbons (Fsp3) is 0.464. The molecule has 1 aliphatic rings. The van der Waals surface area contributed by atoms with E-state index in [1.165, 1.54) is 17.7 Å². The van der Waals surface area contributed by atoms with Crippen molar-refractivity contribution in [2.45, 2.75) is 58.7 Å². The second kappa shape index (κ2) is 13.1. The molecule has 1 atom stereocenters. The lowest BCUT2D eigenvalue weighted by Gasteiger charge is -2.26. The van der Waals surface area contributed by atoms with Gasteiger partial charge in [-0.2, -0.15) is 0 Å². The van der Waals surface area contributed by atoms with Gasteiger partial charge >= 0.3 is 12.2 Å². The monoisotopic (exact) mass is 512 g/mol. The highest BCUT2D eigenvalue weighted by Crippen LogP contribution is 2.27. The molecule has 0 aliphatic carbocycles. The lowest BCUT2D eigenvalue weighted by atomic mass is 10.1. The maximum absolute atomic E-state index is 13.4. The van der Waals surface area contributed by atoms with Gasteiger partial charge in [-0.1, -0.05) is 30.3 Å². The number of unbranched alkanes of at least 4 members (excludes halogenated alkanes) is 1. The van der Waals surface area contributed by atoms with Crippen molar-refractivity contribution in [3.05, 3.63) is 59.7 Å².